The molecule has 0 saturated carbocycles. The van der Waals surface area contributed by atoms with E-state index >= 15 is 0 Å². The molecule has 3 aromatic carbocycles. The summed E-state index contributed by atoms with van der Waals surface area (Å²) in [5.41, 5.74) is 2.95. The minimum Gasteiger partial charge on any atom is -0.457 e. The first-order chi connectivity index (χ1) is 18.4. The molecule has 0 radical (unpaired) electrons. The molecule has 0 bridgehead atoms. The van der Waals surface area contributed by atoms with Crippen molar-refractivity contribution in [2.75, 3.05) is 33.4 Å². The summed E-state index contributed by atoms with van der Waals surface area (Å²) in [7, 11) is 1.60. The Kier molecular flexibility index (Phi) is 7.37. The summed E-state index contributed by atoms with van der Waals surface area (Å²) in [6.07, 6.45) is 1.97. The molecule has 1 aliphatic heterocycles. The van der Waals surface area contributed by atoms with Gasteiger partial charge in [0, 0.05) is 61.9 Å². The third-order valence-electron chi connectivity index (χ3n) is 6.68. The van der Waals surface area contributed by atoms with Crippen LogP contribution in [0.15, 0.2) is 66.9 Å². The summed E-state index contributed by atoms with van der Waals surface area (Å²) >= 11 is 0. The monoisotopic (exact) mass is 516 g/mol. The lowest BCUT2D eigenvalue weighted by Gasteiger charge is -2.39. The van der Waals surface area contributed by atoms with E-state index < -0.39 is 0 Å². The van der Waals surface area contributed by atoms with Gasteiger partial charge in [0.2, 0.25) is 0 Å². The molecule has 2 amide bonds. The molecule has 196 valence electrons. The Bertz CT molecular complexity index is 1440. The topological polar surface area (TPSA) is 85.7 Å². The summed E-state index contributed by atoms with van der Waals surface area (Å²) < 4.78 is 25.7. The van der Waals surface area contributed by atoms with Gasteiger partial charge in [-0.25, -0.2) is 4.39 Å². The number of likely N-dealkylation sites (tertiary alicyclic amines) is 1. The molecular formula is C29H29FN4O4. The van der Waals surface area contributed by atoms with Crippen LogP contribution in [0.4, 0.5) is 4.39 Å². The quantitative estimate of drug-likeness (QED) is 0.333. The van der Waals surface area contributed by atoms with E-state index in [2.05, 4.69) is 10.4 Å². The highest BCUT2D eigenvalue weighted by molar-refractivity contribution is 6.00. The number of carbonyl (C=O) groups excluding carboxylic acids is 2. The lowest BCUT2D eigenvalue weighted by Crippen LogP contribution is -2.51. The molecule has 1 fully saturated rings. The standard InChI is InChI=1S/C29H29FN4O4/c1-19-25(28(35)31-13-14-37-2)11-12-27-26(19)18-34(32-27)17-20-15-33(16-20)29(36)21-3-7-23(8-4-21)38-24-9-5-22(30)6-10-24/h3-12,18,20H,13-17H2,1-2H3,(H,31,35). The Hall–Kier alpha value is -4.24. The van der Waals surface area contributed by atoms with E-state index in [1.165, 1.54) is 12.1 Å². The van der Waals surface area contributed by atoms with Crippen LogP contribution in [0.25, 0.3) is 10.9 Å². The number of aromatic nitrogens is 2. The van der Waals surface area contributed by atoms with Crippen molar-refractivity contribution >= 4 is 22.7 Å². The average Bonchev–Trinajstić information content (AvgIpc) is 3.31. The van der Waals surface area contributed by atoms with Crippen LogP contribution in [-0.2, 0) is 11.3 Å². The zero-order chi connectivity index (χ0) is 26.6. The van der Waals surface area contributed by atoms with E-state index in [0.29, 0.717) is 61.3 Å². The second-order valence-corrected chi connectivity index (χ2v) is 9.43. The predicted molar refractivity (Wildman–Crippen MR) is 141 cm³/mol. The molecule has 1 aromatic heterocycles. The molecule has 38 heavy (non-hydrogen) atoms. The van der Waals surface area contributed by atoms with Crippen molar-refractivity contribution in [2.45, 2.75) is 13.5 Å². The van der Waals surface area contributed by atoms with E-state index in [9.17, 15) is 14.0 Å². The van der Waals surface area contributed by atoms with E-state index in [4.69, 9.17) is 9.47 Å². The van der Waals surface area contributed by atoms with Crippen molar-refractivity contribution in [3.05, 3.63) is 89.4 Å². The molecule has 1 saturated heterocycles. The SMILES string of the molecule is COCCNC(=O)c1ccc2nn(CC3CN(C(=O)c4ccc(Oc5ccc(F)cc5)cc4)C3)cc2c1C. The van der Waals surface area contributed by atoms with E-state index in [0.717, 1.165) is 16.5 Å². The van der Waals surface area contributed by atoms with Crippen molar-refractivity contribution in [2.24, 2.45) is 5.92 Å². The second-order valence-electron chi connectivity index (χ2n) is 9.43. The molecule has 2 heterocycles. The number of fused-ring (bicyclic) bond motifs is 1. The van der Waals surface area contributed by atoms with Crippen LogP contribution in [0.3, 0.4) is 0 Å². The molecule has 8 nitrogen and oxygen atoms in total. The number of benzene rings is 3. The third kappa shape index (κ3) is 5.52. The lowest BCUT2D eigenvalue weighted by molar-refractivity contribution is 0.0462. The number of ether oxygens (including phenoxy) is 2. The molecule has 5 rings (SSSR count). The second kappa shape index (κ2) is 11.0. The first kappa shape index (κ1) is 25.4. The van der Waals surface area contributed by atoms with Gasteiger partial charge in [0.1, 0.15) is 17.3 Å². The predicted octanol–water partition coefficient (Wildman–Crippen LogP) is 4.42. The van der Waals surface area contributed by atoms with Crippen molar-refractivity contribution in [3.8, 4) is 11.5 Å². The summed E-state index contributed by atoms with van der Waals surface area (Å²) in [4.78, 5) is 27.2. The van der Waals surface area contributed by atoms with Crippen LogP contribution < -0.4 is 10.1 Å². The molecule has 0 aliphatic carbocycles. The van der Waals surface area contributed by atoms with Gasteiger partial charge in [-0.1, -0.05) is 0 Å². The lowest BCUT2D eigenvalue weighted by atomic mass is 9.99. The van der Waals surface area contributed by atoms with Gasteiger partial charge in [0.05, 0.1) is 12.1 Å². The van der Waals surface area contributed by atoms with E-state index in [1.54, 1.807) is 49.6 Å². The maximum Gasteiger partial charge on any atom is 0.253 e. The normalized spacial score (nSPS) is 13.4. The number of carbonyl (C=O) groups is 2. The number of nitrogens with one attached hydrogen (secondary N) is 1. The number of rotatable bonds is 9. The van der Waals surface area contributed by atoms with Crippen LogP contribution >= 0.6 is 0 Å². The van der Waals surface area contributed by atoms with Gasteiger partial charge < -0.3 is 19.7 Å². The van der Waals surface area contributed by atoms with Crippen molar-refractivity contribution < 1.29 is 23.5 Å². The van der Waals surface area contributed by atoms with Crippen molar-refractivity contribution in [3.63, 3.8) is 0 Å². The largest absolute Gasteiger partial charge is 0.457 e. The van der Waals surface area contributed by atoms with Gasteiger partial charge in [0.25, 0.3) is 11.8 Å². The van der Waals surface area contributed by atoms with Crippen LogP contribution in [0.5, 0.6) is 11.5 Å². The van der Waals surface area contributed by atoms with Crippen LogP contribution in [0.1, 0.15) is 26.3 Å². The van der Waals surface area contributed by atoms with Gasteiger partial charge >= 0.3 is 0 Å². The molecule has 1 aliphatic rings. The van der Waals surface area contributed by atoms with Crippen molar-refractivity contribution in [1.82, 2.24) is 20.0 Å². The van der Waals surface area contributed by atoms with E-state index in [1.807, 2.05) is 28.8 Å². The fraction of sp³-hybridized carbons (Fsp3) is 0.276. The first-order valence-corrected chi connectivity index (χ1v) is 12.5. The number of amides is 2. The van der Waals surface area contributed by atoms with Gasteiger partial charge in [-0.3, -0.25) is 14.3 Å². The minimum atomic E-state index is -0.324. The Labute approximate surface area is 220 Å². The molecule has 4 aromatic rings. The molecule has 0 spiro atoms. The van der Waals surface area contributed by atoms with Crippen LogP contribution in [0, 0.1) is 18.7 Å². The third-order valence-corrected chi connectivity index (χ3v) is 6.68. The summed E-state index contributed by atoms with van der Waals surface area (Å²) in [6, 6.07) is 16.4. The van der Waals surface area contributed by atoms with Gasteiger partial charge in [-0.15, -0.1) is 0 Å². The first-order valence-electron chi connectivity index (χ1n) is 12.5. The number of methoxy groups -OCH3 is 1. The number of hydrogen-bond donors (Lipinski definition) is 1. The highest BCUT2D eigenvalue weighted by Gasteiger charge is 2.31. The highest BCUT2D eigenvalue weighted by Crippen LogP contribution is 2.26. The zero-order valence-corrected chi connectivity index (χ0v) is 21.3. The van der Waals surface area contributed by atoms with Gasteiger partial charge in [0.15, 0.2) is 0 Å². The Balaban J connectivity index is 1.15. The maximum atomic E-state index is 13.1. The Morgan fingerprint density at radius 2 is 1.71 bits per heavy atom. The molecule has 9 heteroatoms. The highest BCUT2D eigenvalue weighted by atomic mass is 19.1. The number of hydrogen-bond acceptors (Lipinski definition) is 5. The fourth-order valence-electron chi connectivity index (χ4n) is 4.58. The molecular weight excluding hydrogens is 487 g/mol. The summed E-state index contributed by atoms with van der Waals surface area (Å²) in [5.74, 6) is 0.920. The minimum absolute atomic E-state index is 0.0276. The Morgan fingerprint density at radius 3 is 2.39 bits per heavy atom. The van der Waals surface area contributed by atoms with Crippen molar-refractivity contribution in [1.29, 1.82) is 0 Å². The number of halogens is 1. The molecule has 0 unspecified atom stereocenters. The number of aryl methyl sites for hydroxylation is 1. The average molecular weight is 517 g/mol. The summed E-state index contributed by atoms with van der Waals surface area (Å²) in [6.45, 7) is 4.83. The smallest absolute Gasteiger partial charge is 0.253 e. The number of nitrogens with zero attached hydrogens (tertiary/aromatic N) is 3. The fourth-order valence-corrected chi connectivity index (χ4v) is 4.58. The van der Waals surface area contributed by atoms with Gasteiger partial charge in [-0.05, 0) is 73.2 Å². The van der Waals surface area contributed by atoms with Crippen LogP contribution in [0.2, 0.25) is 0 Å². The van der Waals surface area contributed by atoms with E-state index in [-0.39, 0.29) is 17.6 Å². The zero-order valence-electron chi connectivity index (χ0n) is 21.3. The maximum absolute atomic E-state index is 13.1. The molecule has 1 N–H and O–H groups in total. The Morgan fingerprint density at radius 1 is 1.03 bits per heavy atom. The summed E-state index contributed by atoms with van der Waals surface area (Å²) in [5, 5.41) is 8.48. The van der Waals surface area contributed by atoms with Gasteiger partial charge in [-0.2, -0.15) is 5.10 Å². The van der Waals surface area contributed by atoms with Crippen LogP contribution in [-0.4, -0.2) is 59.8 Å². The molecule has 0 atom stereocenters.